The first kappa shape index (κ1) is 20.8. The monoisotopic (exact) mass is 456 g/mol. The van der Waals surface area contributed by atoms with Crippen molar-refractivity contribution in [2.24, 2.45) is 0 Å². The van der Waals surface area contributed by atoms with Crippen LogP contribution in [0.5, 0.6) is 17.2 Å². The molecule has 0 saturated heterocycles. The summed E-state index contributed by atoms with van der Waals surface area (Å²) in [7, 11) is 1.50. The van der Waals surface area contributed by atoms with Crippen LogP contribution in [-0.4, -0.2) is 48.6 Å². The third kappa shape index (κ3) is 4.75. The molecule has 3 aromatic rings. The summed E-state index contributed by atoms with van der Waals surface area (Å²) in [5.74, 6) is -0.0922. The fourth-order valence-electron chi connectivity index (χ4n) is 2.72. The molecular weight excluding hydrogens is 437 g/mol. The van der Waals surface area contributed by atoms with Crippen molar-refractivity contribution in [3.63, 3.8) is 0 Å². The normalized spacial score (nSPS) is 12.3. The number of aliphatic carboxylic acids is 1. The van der Waals surface area contributed by atoms with Gasteiger partial charge in [-0.1, -0.05) is 0 Å². The van der Waals surface area contributed by atoms with Gasteiger partial charge < -0.3 is 0 Å². The van der Waals surface area contributed by atoms with Crippen molar-refractivity contribution in [1.29, 1.82) is 0 Å². The van der Waals surface area contributed by atoms with Crippen molar-refractivity contribution in [3.8, 4) is 17.2 Å². The molecule has 29 heavy (non-hydrogen) atoms. The van der Waals surface area contributed by atoms with E-state index in [1.165, 1.54) is 14.0 Å². The number of carbonyl (C=O) groups excluding carboxylic acids is 1. The molecule has 1 unspecified atom stereocenters. The Hall–Kier alpha value is -2.89. The van der Waals surface area contributed by atoms with E-state index in [2.05, 4.69) is 4.98 Å². The summed E-state index contributed by atoms with van der Waals surface area (Å²) in [6, 6.07) is 14.3. The van der Waals surface area contributed by atoms with Crippen molar-refractivity contribution in [3.05, 3.63) is 59.9 Å². The molecule has 0 amide bonds. The van der Waals surface area contributed by atoms with Gasteiger partial charge in [-0.3, -0.25) is 0 Å². The molecule has 3 rings (SSSR count). The fourth-order valence-corrected chi connectivity index (χ4v) is 4.27. The van der Waals surface area contributed by atoms with Gasteiger partial charge in [-0.25, -0.2) is 0 Å². The summed E-state index contributed by atoms with van der Waals surface area (Å²) in [6.07, 6.45) is 0. The summed E-state index contributed by atoms with van der Waals surface area (Å²) < 4.78 is 9.81. The Labute approximate surface area is 174 Å². The minimum atomic E-state index is -1.22. The number of hydrogen-bond acceptors (Lipinski definition) is 6. The number of hydrogen-bond donors (Lipinski definition) is 2. The van der Waals surface area contributed by atoms with Gasteiger partial charge >= 0.3 is 174 Å². The number of benzene rings is 2. The molecule has 2 N–H and O–H groups in total. The van der Waals surface area contributed by atoms with Crippen LogP contribution in [0.25, 0.3) is 10.8 Å². The SMILES string of the molecule is COCc1nc(C(=O)[As]C(C)C(=O)O)c(O)c2ccc(Oc3ccccc3)cc12. The van der Waals surface area contributed by atoms with Crippen LogP contribution in [0.4, 0.5) is 0 Å². The molecule has 2 aromatic carbocycles. The number of nitrogens with zero attached hydrogens (tertiary/aromatic N) is 1. The molecule has 0 aliphatic heterocycles. The maximum atomic E-state index is 12.6. The second kappa shape index (κ2) is 9.07. The molecule has 8 heteroatoms. The molecule has 1 atom stereocenters. The third-order valence-electron chi connectivity index (χ3n) is 4.16. The van der Waals surface area contributed by atoms with E-state index in [1.807, 2.05) is 30.3 Å². The third-order valence-corrected chi connectivity index (χ3v) is 6.37. The topological polar surface area (TPSA) is 106 Å². The second-order valence-electron chi connectivity index (χ2n) is 6.26. The zero-order chi connectivity index (χ0) is 21.0. The Morgan fingerprint density at radius 3 is 2.48 bits per heavy atom. The number of aromatic hydroxyl groups is 1. The number of para-hydroxylation sites is 1. The number of carboxylic acids is 1. The number of rotatable bonds is 8. The van der Waals surface area contributed by atoms with Crippen LogP contribution >= 0.6 is 0 Å². The van der Waals surface area contributed by atoms with Crippen LogP contribution in [-0.2, 0) is 16.1 Å². The predicted molar refractivity (Wildman–Crippen MR) is 108 cm³/mol. The molecule has 1 radical (unpaired) electrons. The first-order valence-electron chi connectivity index (χ1n) is 8.76. The van der Waals surface area contributed by atoms with Gasteiger partial charge in [0.1, 0.15) is 0 Å². The second-order valence-corrected chi connectivity index (χ2v) is 9.28. The zero-order valence-electron chi connectivity index (χ0n) is 15.8. The van der Waals surface area contributed by atoms with Crippen molar-refractivity contribution in [1.82, 2.24) is 4.98 Å². The van der Waals surface area contributed by atoms with E-state index in [1.54, 1.807) is 18.2 Å². The van der Waals surface area contributed by atoms with Gasteiger partial charge in [0, 0.05) is 0 Å². The zero-order valence-corrected chi connectivity index (χ0v) is 17.7. The van der Waals surface area contributed by atoms with Crippen molar-refractivity contribution < 1.29 is 29.3 Å². The molecule has 0 fully saturated rings. The summed E-state index contributed by atoms with van der Waals surface area (Å²) in [4.78, 5) is 28.0. The Morgan fingerprint density at radius 1 is 1.10 bits per heavy atom. The van der Waals surface area contributed by atoms with E-state index in [9.17, 15) is 14.7 Å². The van der Waals surface area contributed by atoms with Crippen LogP contribution in [0, 0.1) is 0 Å². The van der Waals surface area contributed by atoms with Crippen LogP contribution < -0.4 is 4.74 Å². The van der Waals surface area contributed by atoms with Gasteiger partial charge in [-0.15, -0.1) is 0 Å². The first-order chi connectivity index (χ1) is 13.9. The first-order valence-corrected chi connectivity index (χ1v) is 10.8. The quantitative estimate of drug-likeness (QED) is 0.499. The van der Waals surface area contributed by atoms with E-state index in [4.69, 9.17) is 14.6 Å². The number of ether oxygens (including phenoxy) is 2. The van der Waals surface area contributed by atoms with Crippen LogP contribution in [0.3, 0.4) is 0 Å². The summed E-state index contributed by atoms with van der Waals surface area (Å²) in [6.45, 7) is 1.60. The predicted octanol–water partition coefficient (Wildman–Crippen LogP) is 3.62. The Balaban J connectivity index is 2.03. The standard InChI is InChI=1S/C21H19AsNO6/c1-12(21(26)27)22-20(25)18-19(24)15-9-8-14(29-13-6-4-3-5-7-13)10-16(15)17(23-18)11-28-2/h3-10,12,24H,11H2,1-2H3,(H,26,27). The van der Waals surface area contributed by atoms with E-state index < -0.39 is 31.0 Å². The van der Waals surface area contributed by atoms with Gasteiger partial charge in [-0.2, -0.15) is 0 Å². The number of aromatic nitrogens is 1. The average molecular weight is 456 g/mol. The van der Waals surface area contributed by atoms with Gasteiger partial charge in [-0.05, 0) is 0 Å². The number of carbonyl (C=O) groups is 2. The Kier molecular flexibility index (Phi) is 6.52. The van der Waals surface area contributed by atoms with E-state index in [0.717, 1.165) is 0 Å². The average Bonchev–Trinajstić information content (AvgIpc) is 2.70. The van der Waals surface area contributed by atoms with E-state index in [0.29, 0.717) is 28.0 Å². The molecule has 0 bridgehead atoms. The number of fused-ring (bicyclic) bond motifs is 1. The molecule has 0 spiro atoms. The molecular formula is C21H19AsNO6. The van der Waals surface area contributed by atoms with Gasteiger partial charge in [0.25, 0.3) is 0 Å². The fraction of sp³-hybridized carbons (Fsp3) is 0.190. The van der Waals surface area contributed by atoms with Gasteiger partial charge in [0.15, 0.2) is 0 Å². The van der Waals surface area contributed by atoms with Gasteiger partial charge in [0.05, 0.1) is 0 Å². The number of methoxy groups -OCH3 is 1. The van der Waals surface area contributed by atoms with Crippen LogP contribution in [0.1, 0.15) is 23.1 Å². The minimum absolute atomic E-state index is 0.116. The van der Waals surface area contributed by atoms with E-state index >= 15 is 0 Å². The molecule has 1 aromatic heterocycles. The number of carboxylic acid groups (broad SMARTS) is 1. The molecule has 1 heterocycles. The van der Waals surface area contributed by atoms with Crippen LogP contribution in [0.2, 0.25) is 4.71 Å². The van der Waals surface area contributed by atoms with Crippen molar-refractivity contribution in [2.45, 2.75) is 18.2 Å². The van der Waals surface area contributed by atoms with Gasteiger partial charge in [0.2, 0.25) is 0 Å². The molecule has 0 aliphatic carbocycles. The maximum absolute atomic E-state index is 12.6. The van der Waals surface area contributed by atoms with Crippen LogP contribution in [0.15, 0.2) is 48.5 Å². The number of pyridine rings is 1. The molecule has 0 saturated carbocycles. The Bertz CT molecular complexity index is 1050. The van der Waals surface area contributed by atoms with Crippen molar-refractivity contribution >= 4 is 37.1 Å². The molecule has 0 aliphatic rings. The summed E-state index contributed by atoms with van der Waals surface area (Å²) in [5.41, 5.74) is 0.348. The Morgan fingerprint density at radius 2 is 1.83 bits per heavy atom. The summed E-state index contributed by atoms with van der Waals surface area (Å²) >= 11 is -1.22. The molecule has 7 nitrogen and oxygen atoms in total. The summed E-state index contributed by atoms with van der Waals surface area (Å²) in [5, 5.41) is 20.7. The van der Waals surface area contributed by atoms with Crippen molar-refractivity contribution in [2.75, 3.05) is 7.11 Å². The molecule has 149 valence electrons. The van der Waals surface area contributed by atoms with E-state index in [-0.39, 0.29) is 18.1 Å².